The smallest absolute Gasteiger partial charge is 0.272 e. The Morgan fingerprint density at radius 2 is 2.21 bits per heavy atom. The summed E-state index contributed by atoms with van der Waals surface area (Å²) in [7, 11) is 1.65. The number of carbonyl (C=O) groups is 1. The molecule has 0 saturated carbocycles. The third-order valence-corrected chi connectivity index (χ3v) is 2.89. The van der Waals surface area contributed by atoms with Gasteiger partial charge in [-0.1, -0.05) is 24.3 Å². The Morgan fingerprint density at radius 3 is 2.95 bits per heavy atom. The van der Waals surface area contributed by atoms with Crippen LogP contribution in [0.1, 0.15) is 16.9 Å². The lowest BCUT2D eigenvalue weighted by Crippen LogP contribution is -2.28. The zero-order valence-corrected chi connectivity index (χ0v) is 10.6. The van der Waals surface area contributed by atoms with Gasteiger partial charge in [-0.25, -0.2) is 4.98 Å². The minimum Gasteiger partial charge on any atom is -0.383 e. The molecule has 1 aromatic carbocycles. The molecule has 1 heterocycles. The van der Waals surface area contributed by atoms with Crippen LogP contribution in [0.4, 0.5) is 5.82 Å². The summed E-state index contributed by atoms with van der Waals surface area (Å²) >= 11 is 0. The van der Waals surface area contributed by atoms with E-state index in [-0.39, 0.29) is 5.91 Å². The van der Waals surface area contributed by atoms with Gasteiger partial charge in [0.25, 0.3) is 5.91 Å². The highest BCUT2D eigenvalue weighted by atomic mass is 16.2. The van der Waals surface area contributed by atoms with Crippen molar-refractivity contribution in [3.63, 3.8) is 0 Å². The molecule has 0 aliphatic rings. The van der Waals surface area contributed by atoms with Gasteiger partial charge in [0.2, 0.25) is 0 Å². The van der Waals surface area contributed by atoms with Crippen molar-refractivity contribution in [2.45, 2.75) is 6.42 Å². The number of amides is 1. The monoisotopic (exact) mass is 254 g/mol. The molecule has 0 radical (unpaired) electrons. The molecule has 5 heteroatoms. The third-order valence-electron chi connectivity index (χ3n) is 2.89. The number of rotatable bonds is 3. The van der Waals surface area contributed by atoms with Gasteiger partial charge in [0.05, 0.1) is 12.5 Å². The first-order valence-corrected chi connectivity index (χ1v) is 5.91. The summed E-state index contributed by atoms with van der Waals surface area (Å²) in [5.74, 6) is 0.114. The summed E-state index contributed by atoms with van der Waals surface area (Å²) in [5.41, 5.74) is 6.16. The van der Waals surface area contributed by atoms with Crippen LogP contribution < -0.4 is 5.73 Å². The average molecular weight is 254 g/mol. The minimum atomic E-state index is -0.229. The molecule has 0 aliphatic heterocycles. The molecular weight excluding hydrogens is 240 g/mol. The van der Waals surface area contributed by atoms with E-state index in [1.807, 2.05) is 30.3 Å². The molecule has 5 nitrogen and oxygen atoms in total. The van der Waals surface area contributed by atoms with Crippen LogP contribution in [-0.2, 0) is 0 Å². The number of hydrogen-bond donors (Lipinski definition) is 1. The summed E-state index contributed by atoms with van der Waals surface area (Å²) in [6.45, 7) is 0.379. The van der Waals surface area contributed by atoms with E-state index in [4.69, 9.17) is 11.0 Å². The molecule has 96 valence electrons. The molecule has 0 atom stereocenters. The number of carbonyl (C=O) groups excluding carboxylic acids is 1. The Hall–Kier alpha value is -2.61. The lowest BCUT2D eigenvalue weighted by atomic mass is 10.1. The summed E-state index contributed by atoms with van der Waals surface area (Å²) in [6, 6.07) is 11.2. The highest BCUT2D eigenvalue weighted by molar-refractivity contribution is 5.99. The van der Waals surface area contributed by atoms with Crippen LogP contribution in [0.2, 0.25) is 0 Å². The first kappa shape index (κ1) is 12.8. The van der Waals surface area contributed by atoms with Crippen molar-refractivity contribution < 1.29 is 4.79 Å². The molecule has 0 fully saturated rings. The summed E-state index contributed by atoms with van der Waals surface area (Å²) in [6.07, 6.45) is 0.297. The van der Waals surface area contributed by atoms with Crippen LogP contribution in [-0.4, -0.2) is 29.4 Å². The van der Waals surface area contributed by atoms with Crippen molar-refractivity contribution in [2.75, 3.05) is 19.3 Å². The molecule has 0 saturated heterocycles. The Bertz CT molecular complexity index is 660. The number of hydrogen-bond acceptors (Lipinski definition) is 4. The molecule has 0 bridgehead atoms. The van der Waals surface area contributed by atoms with Crippen molar-refractivity contribution in [3.05, 3.63) is 36.0 Å². The number of benzene rings is 1. The lowest BCUT2D eigenvalue weighted by Gasteiger charge is -2.15. The minimum absolute atomic E-state index is 0.229. The fourth-order valence-corrected chi connectivity index (χ4v) is 1.85. The van der Waals surface area contributed by atoms with Gasteiger partial charge < -0.3 is 10.6 Å². The fraction of sp³-hybridized carbons (Fsp3) is 0.214. The van der Waals surface area contributed by atoms with Gasteiger partial charge in [0, 0.05) is 19.0 Å². The van der Waals surface area contributed by atoms with E-state index >= 15 is 0 Å². The van der Waals surface area contributed by atoms with Crippen molar-refractivity contribution in [3.8, 4) is 6.07 Å². The second-order valence-corrected chi connectivity index (χ2v) is 4.25. The fourth-order valence-electron chi connectivity index (χ4n) is 1.85. The summed E-state index contributed by atoms with van der Waals surface area (Å²) in [4.78, 5) is 17.8. The zero-order valence-electron chi connectivity index (χ0n) is 10.6. The van der Waals surface area contributed by atoms with Gasteiger partial charge >= 0.3 is 0 Å². The highest BCUT2D eigenvalue weighted by Gasteiger charge is 2.14. The van der Waals surface area contributed by atoms with Gasteiger partial charge in [-0.15, -0.1) is 0 Å². The molecule has 2 N–H and O–H groups in total. The van der Waals surface area contributed by atoms with E-state index in [2.05, 4.69) is 4.98 Å². The second kappa shape index (κ2) is 5.36. The summed E-state index contributed by atoms with van der Waals surface area (Å²) < 4.78 is 0. The van der Waals surface area contributed by atoms with E-state index in [0.717, 1.165) is 10.8 Å². The molecule has 0 aliphatic carbocycles. The average Bonchev–Trinajstić information content (AvgIpc) is 2.43. The van der Waals surface area contributed by atoms with Crippen molar-refractivity contribution in [1.82, 2.24) is 9.88 Å². The van der Waals surface area contributed by atoms with Crippen molar-refractivity contribution in [2.24, 2.45) is 0 Å². The Balaban J connectivity index is 2.35. The van der Waals surface area contributed by atoms with Crippen LogP contribution in [0.15, 0.2) is 30.3 Å². The van der Waals surface area contributed by atoms with Crippen LogP contribution in [0, 0.1) is 11.3 Å². The maximum Gasteiger partial charge on any atom is 0.272 e. The van der Waals surface area contributed by atoms with Crippen molar-refractivity contribution >= 4 is 22.5 Å². The quantitative estimate of drug-likeness (QED) is 0.905. The van der Waals surface area contributed by atoms with Gasteiger partial charge in [-0.2, -0.15) is 5.26 Å². The lowest BCUT2D eigenvalue weighted by molar-refractivity contribution is 0.0792. The largest absolute Gasteiger partial charge is 0.383 e. The number of nitriles is 1. The normalized spacial score (nSPS) is 10.1. The number of nitrogens with zero attached hydrogens (tertiary/aromatic N) is 3. The molecule has 0 spiro atoms. The van der Waals surface area contributed by atoms with Gasteiger partial charge in [0.15, 0.2) is 0 Å². The molecule has 2 aromatic rings. The second-order valence-electron chi connectivity index (χ2n) is 4.25. The number of pyridine rings is 1. The van der Waals surface area contributed by atoms with Crippen molar-refractivity contribution in [1.29, 1.82) is 5.26 Å². The molecule has 19 heavy (non-hydrogen) atoms. The third kappa shape index (κ3) is 2.63. The Kier molecular flexibility index (Phi) is 3.62. The van der Waals surface area contributed by atoms with Crippen LogP contribution in [0.3, 0.4) is 0 Å². The zero-order chi connectivity index (χ0) is 13.8. The van der Waals surface area contributed by atoms with Gasteiger partial charge in [-0.3, -0.25) is 4.79 Å². The van der Waals surface area contributed by atoms with E-state index in [1.54, 1.807) is 13.1 Å². The molecule has 2 rings (SSSR count). The Labute approximate surface area is 111 Å². The first-order valence-electron chi connectivity index (χ1n) is 5.91. The SMILES string of the molecule is CN(CCC#N)C(=O)c1cc2ccccc2c(N)n1. The molecular formula is C14H14N4O. The van der Waals surface area contributed by atoms with Gasteiger partial charge in [-0.05, 0) is 11.5 Å². The topological polar surface area (TPSA) is 83.0 Å². The standard InChI is InChI=1S/C14H14N4O/c1-18(8-4-7-15)14(19)12-9-10-5-2-3-6-11(10)13(16)17-12/h2-3,5-6,9H,4,8H2,1H3,(H2,16,17). The number of anilines is 1. The maximum absolute atomic E-state index is 12.1. The number of aromatic nitrogens is 1. The van der Waals surface area contributed by atoms with E-state index in [9.17, 15) is 4.79 Å². The van der Waals surface area contributed by atoms with E-state index < -0.39 is 0 Å². The molecule has 1 aromatic heterocycles. The summed E-state index contributed by atoms with van der Waals surface area (Å²) in [5, 5.41) is 10.2. The predicted octanol–water partition coefficient (Wildman–Crippen LogP) is 1.80. The Morgan fingerprint density at radius 1 is 1.47 bits per heavy atom. The number of nitrogens with two attached hydrogens (primary N) is 1. The first-order chi connectivity index (χ1) is 9.13. The number of nitrogen functional groups attached to an aromatic ring is 1. The van der Waals surface area contributed by atoms with E-state index in [0.29, 0.717) is 24.5 Å². The van der Waals surface area contributed by atoms with E-state index in [1.165, 1.54) is 4.90 Å². The van der Waals surface area contributed by atoms with Crippen LogP contribution >= 0.6 is 0 Å². The maximum atomic E-state index is 12.1. The predicted molar refractivity (Wildman–Crippen MR) is 73.3 cm³/mol. The molecule has 1 amide bonds. The van der Waals surface area contributed by atoms with Gasteiger partial charge in [0.1, 0.15) is 11.5 Å². The number of fused-ring (bicyclic) bond motifs is 1. The van der Waals surface area contributed by atoms with Crippen LogP contribution in [0.25, 0.3) is 10.8 Å². The highest BCUT2D eigenvalue weighted by Crippen LogP contribution is 2.20. The molecule has 0 unspecified atom stereocenters. The van der Waals surface area contributed by atoms with Crippen LogP contribution in [0.5, 0.6) is 0 Å².